The fourth-order valence-corrected chi connectivity index (χ4v) is 2.01. The molecule has 52 valence electrons. The standard InChI is InChI=1S/C6H16P.FH/c1-5-6-7(2,3)4;/h5-6H2,1-4H3;1H/q+1;/p-1. The third-order valence-corrected chi connectivity index (χ3v) is 2.68. The molecule has 0 radical (unpaired) electrons. The first-order chi connectivity index (χ1) is 3.06. The lowest BCUT2D eigenvalue weighted by Gasteiger charge is -2.08. The van der Waals surface area contributed by atoms with Crippen molar-refractivity contribution in [3.63, 3.8) is 0 Å². The van der Waals surface area contributed by atoms with Crippen molar-refractivity contribution in [1.29, 1.82) is 0 Å². The molecule has 0 fully saturated rings. The van der Waals surface area contributed by atoms with Gasteiger partial charge in [0.1, 0.15) is 0 Å². The van der Waals surface area contributed by atoms with Gasteiger partial charge in [-0.3, -0.25) is 0 Å². The van der Waals surface area contributed by atoms with Crippen LogP contribution < -0.4 is 4.70 Å². The van der Waals surface area contributed by atoms with Crippen LogP contribution in [0.1, 0.15) is 13.3 Å². The van der Waals surface area contributed by atoms with Crippen molar-refractivity contribution >= 4 is 7.26 Å². The average molecular weight is 138 g/mol. The van der Waals surface area contributed by atoms with Gasteiger partial charge in [-0.05, 0) is 6.42 Å². The fourth-order valence-electron chi connectivity index (χ4n) is 0.671. The van der Waals surface area contributed by atoms with E-state index in [9.17, 15) is 0 Å². The summed E-state index contributed by atoms with van der Waals surface area (Å²) in [5, 5.41) is 0. The van der Waals surface area contributed by atoms with Crippen molar-refractivity contribution in [2.45, 2.75) is 13.3 Å². The van der Waals surface area contributed by atoms with Gasteiger partial charge >= 0.3 is 0 Å². The smallest absolute Gasteiger partial charge is 0.0583 e. The van der Waals surface area contributed by atoms with Crippen LogP contribution in [-0.2, 0) is 0 Å². The normalized spacial score (nSPS) is 10.5. The molecular weight excluding hydrogens is 122 g/mol. The minimum absolute atomic E-state index is 0. The maximum atomic E-state index is 2.39. The van der Waals surface area contributed by atoms with Crippen LogP contribution in [0.3, 0.4) is 0 Å². The lowest BCUT2D eigenvalue weighted by atomic mass is 10.6. The molecule has 0 nitrogen and oxygen atoms in total. The molecule has 0 saturated carbocycles. The summed E-state index contributed by atoms with van der Waals surface area (Å²) in [5.74, 6) is 0. The van der Waals surface area contributed by atoms with Gasteiger partial charge in [-0.15, -0.1) is 0 Å². The van der Waals surface area contributed by atoms with Crippen LogP contribution >= 0.6 is 7.26 Å². The molecule has 0 heterocycles. The first-order valence-corrected chi connectivity index (χ1v) is 6.18. The molecule has 0 rings (SSSR count). The first kappa shape index (κ1) is 11.2. The second-order valence-electron chi connectivity index (χ2n) is 3.01. The van der Waals surface area contributed by atoms with Crippen LogP contribution in [-0.4, -0.2) is 26.2 Å². The summed E-state index contributed by atoms with van der Waals surface area (Å²) >= 11 is 0. The Morgan fingerprint density at radius 3 is 1.50 bits per heavy atom. The van der Waals surface area contributed by atoms with E-state index in [1.165, 1.54) is 12.6 Å². The molecular formula is C6H16FP. The van der Waals surface area contributed by atoms with Gasteiger partial charge in [-0.2, -0.15) is 0 Å². The van der Waals surface area contributed by atoms with Crippen molar-refractivity contribution < 1.29 is 4.70 Å². The second kappa shape index (κ2) is 4.26. The Kier molecular flexibility index (Phi) is 5.96. The molecule has 0 atom stereocenters. The Bertz CT molecular complexity index is 47.0. The van der Waals surface area contributed by atoms with Crippen LogP contribution in [0.5, 0.6) is 0 Å². The van der Waals surface area contributed by atoms with Gasteiger partial charge in [0, 0.05) is 27.3 Å². The summed E-state index contributed by atoms with van der Waals surface area (Å²) in [6.07, 6.45) is 2.81. The first-order valence-electron chi connectivity index (χ1n) is 2.86. The molecule has 0 N–H and O–H groups in total. The monoisotopic (exact) mass is 138 g/mol. The molecule has 0 spiro atoms. The molecule has 0 aromatic heterocycles. The van der Waals surface area contributed by atoms with Gasteiger partial charge in [-0.25, -0.2) is 0 Å². The van der Waals surface area contributed by atoms with Gasteiger partial charge < -0.3 is 4.70 Å². The van der Waals surface area contributed by atoms with E-state index in [1.807, 2.05) is 0 Å². The summed E-state index contributed by atoms with van der Waals surface area (Å²) in [4.78, 5) is 0. The van der Waals surface area contributed by atoms with Crippen molar-refractivity contribution in [3.8, 4) is 0 Å². The van der Waals surface area contributed by atoms with E-state index < -0.39 is 7.26 Å². The third kappa shape index (κ3) is 9.61. The Morgan fingerprint density at radius 1 is 1.12 bits per heavy atom. The Balaban J connectivity index is 0. The van der Waals surface area contributed by atoms with Crippen molar-refractivity contribution in [3.05, 3.63) is 0 Å². The van der Waals surface area contributed by atoms with Crippen LogP contribution in [0, 0.1) is 0 Å². The zero-order valence-corrected chi connectivity index (χ0v) is 7.13. The SMILES string of the molecule is CCC[P+](C)(C)C.[F-]. The maximum absolute atomic E-state index is 2.39. The van der Waals surface area contributed by atoms with E-state index >= 15 is 0 Å². The molecule has 0 amide bonds. The van der Waals surface area contributed by atoms with Gasteiger partial charge in [0.25, 0.3) is 0 Å². The van der Waals surface area contributed by atoms with Crippen molar-refractivity contribution in [2.75, 3.05) is 26.2 Å². The van der Waals surface area contributed by atoms with Crippen LogP contribution in [0.2, 0.25) is 0 Å². The van der Waals surface area contributed by atoms with E-state index in [2.05, 4.69) is 26.9 Å². The van der Waals surface area contributed by atoms with E-state index in [1.54, 1.807) is 0 Å². The van der Waals surface area contributed by atoms with Gasteiger partial charge in [-0.1, -0.05) is 6.92 Å². The fraction of sp³-hybridized carbons (Fsp3) is 1.00. The minimum atomic E-state index is -0.416. The summed E-state index contributed by atoms with van der Waals surface area (Å²) < 4.78 is 0. The maximum Gasteiger partial charge on any atom is 0.0583 e. The third-order valence-electron chi connectivity index (χ3n) is 0.894. The average Bonchev–Trinajstić information content (AvgIpc) is 1.30. The molecule has 0 saturated heterocycles. The van der Waals surface area contributed by atoms with Gasteiger partial charge in [0.15, 0.2) is 0 Å². The predicted molar refractivity (Wildman–Crippen MR) is 39.9 cm³/mol. The Labute approximate surface area is 52.4 Å². The van der Waals surface area contributed by atoms with E-state index in [-0.39, 0.29) is 4.70 Å². The summed E-state index contributed by atoms with van der Waals surface area (Å²) in [7, 11) is -0.416. The topological polar surface area (TPSA) is 0 Å². The molecule has 0 aliphatic heterocycles. The lowest BCUT2D eigenvalue weighted by molar-refractivity contribution is -0.00000191. The number of halogens is 1. The number of hydrogen-bond donors (Lipinski definition) is 0. The molecule has 2 heteroatoms. The highest BCUT2D eigenvalue weighted by molar-refractivity contribution is 7.73. The van der Waals surface area contributed by atoms with E-state index in [0.717, 1.165) is 0 Å². The lowest BCUT2D eigenvalue weighted by Crippen LogP contribution is -3.00. The summed E-state index contributed by atoms with van der Waals surface area (Å²) in [6, 6.07) is 0. The molecule has 0 aliphatic carbocycles. The Morgan fingerprint density at radius 2 is 1.50 bits per heavy atom. The van der Waals surface area contributed by atoms with E-state index in [0.29, 0.717) is 0 Å². The zero-order valence-electron chi connectivity index (χ0n) is 6.24. The highest BCUT2D eigenvalue weighted by Crippen LogP contribution is 2.46. The zero-order chi connectivity index (χ0) is 5.91. The predicted octanol–water partition coefficient (Wildman–Crippen LogP) is -0.693. The Hall–Kier alpha value is 0.360. The van der Waals surface area contributed by atoms with Gasteiger partial charge in [0.2, 0.25) is 0 Å². The van der Waals surface area contributed by atoms with Crippen LogP contribution in [0.25, 0.3) is 0 Å². The van der Waals surface area contributed by atoms with Crippen LogP contribution in [0.15, 0.2) is 0 Å². The number of rotatable bonds is 2. The molecule has 0 unspecified atom stereocenters. The largest absolute Gasteiger partial charge is 1.00 e. The van der Waals surface area contributed by atoms with Gasteiger partial charge in [0.05, 0.1) is 6.16 Å². The van der Waals surface area contributed by atoms with Crippen molar-refractivity contribution in [2.24, 2.45) is 0 Å². The molecule has 0 aliphatic rings. The van der Waals surface area contributed by atoms with Crippen molar-refractivity contribution in [1.82, 2.24) is 0 Å². The quantitative estimate of drug-likeness (QED) is 0.443. The molecule has 0 bridgehead atoms. The molecule has 0 aromatic rings. The highest BCUT2D eigenvalue weighted by Gasteiger charge is 2.13. The molecule has 0 aromatic carbocycles. The summed E-state index contributed by atoms with van der Waals surface area (Å²) in [6.45, 7) is 9.41. The highest BCUT2D eigenvalue weighted by atomic mass is 31.2. The summed E-state index contributed by atoms with van der Waals surface area (Å²) in [5.41, 5.74) is 0. The number of hydrogen-bond acceptors (Lipinski definition) is 0. The van der Waals surface area contributed by atoms with E-state index in [4.69, 9.17) is 0 Å². The molecule has 8 heavy (non-hydrogen) atoms. The van der Waals surface area contributed by atoms with Crippen LogP contribution in [0.4, 0.5) is 0 Å². The second-order valence-corrected chi connectivity index (χ2v) is 8.04. The minimum Gasteiger partial charge on any atom is -1.00 e.